The molecule has 4 nitrogen and oxygen atoms in total. The number of amides is 1. The highest BCUT2D eigenvalue weighted by Gasteiger charge is 2.29. The Balaban J connectivity index is 2.74. The third kappa shape index (κ3) is 4.07. The Morgan fingerprint density at radius 1 is 1.35 bits per heavy atom. The second-order valence-corrected chi connectivity index (χ2v) is 4.68. The predicted molar refractivity (Wildman–Crippen MR) is 68.2 cm³/mol. The van der Waals surface area contributed by atoms with E-state index in [1.165, 1.54) is 5.56 Å². The van der Waals surface area contributed by atoms with E-state index in [0.717, 1.165) is 6.42 Å². The Kier molecular flexibility index (Phi) is 4.52. The summed E-state index contributed by atoms with van der Waals surface area (Å²) in [6.07, 6.45) is -0.215. The van der Waals surface area contributed by atoms with Crippen molar-refractivity contribution in [3.63, 3.8) is 0 Å². The van der Waals surface area contributed by atoms with Crippen LogP contribution in [0.15, 0.2) is 30.3 Å². The molecular formula is C13H20N2O2. The van der Waals surface area contributed by atoms with E-state index in [4.69, 9.17) is 5.11 Å². The van der Waals surface area contributed by atoms with Gasteiger partial charge in [-0.15, -0.1) is 0 Å². The summed E-state index contributed by atoms with van der Waals surface area (Å²) in [6, 6.07) is 10.1. The number of benzene rings is 1. The first-order valence-electron chi connectivity index (χ1n) is 5.68. The normalized spacial score (nSPS) is 13.1. The van der Waals surface area contributed by atoms with E-state index in [0.29, 0.717) is 0 Å². The Labute approximate surface area is 102 Å². The lowest BCUT2D eigenvalue weighted by Crippen LogP contribution is -2.57. The molecule has 1 amide bonds. The van der Waals surface area contributed by atoms with Crippen molar-refractivity contribution < 1.29 is 9.90 Å². The third-order valence-corrected chi connectivity index (χ3v) is 2.93. The first-order valence-corrected chi connectivity index (χ1v) is 5.68. The molecule has 0 spiro atoms. The van der Waals surface area contributed by atoms with Gasteiger partial charge in [0.2, 0.25) is 0 Å². The second kappa shape index (κ2) is 5.68. The molecule has 17 heavy (non-hydrogen) atoms. The van der Waals surface area contributed by atoms with E-state index in [1.807, 2.05) is 51.2 Å². The zero-order valence-electron chi connectivity index (χ0n) is 10.5. The van der Waals surface area contributed by atoms with Crippen molar-refractivity contribution in [2.24, 2.45) is 0 Å². The van der Waals surface area contributed by atoms with E-state index >= 15 is 0 Å². The minimum atomic E-state index is -0.997. The summed E-state index contributed by atoms with van der Waals surface area (Å²) in [5.74, 6) is 0. The van der Waals surface area contributed by atoms with Crippen LogP contribution in [0.2, 0.25) is 0 Å². The van der Waals surface area contributed by atoms with Crippen LogP contribution in [-0.2, 0) is 6.42 Å². The number of likely N-dealkylation sites (N-methyl/N-ethyl adjacent to an activating group) is 1. The van der Waals surface area contributed by atoms with E-state index in [-0.39, 0.29) is 6.04 Å². The minimum Gasteiger partial charge on any atom is -0.465 e. The lowest BCUT2D eigenvalue weighted by molar-refractivity contribution is 0.173. The van der Waals surface area contributed by atoms with Gasteiger partial charge in [-0.1, -0.05) is 30.3 Å². The van der Waals surface area contributed by atoms with Crippen LogP contribution in [0.3, 0.4) is 0 Å². The summed E-state index contributed by atoms with van der Waals surface area (Å²) in [5.41, 5.74) is 0.670. The van der Waals surface area contributed by atoms with Crippen molar-refractivity contribution in [3.05, 3.63) is 35.9 Å². The molecule has 0 radical (unpaired) electrons. The molecular weight excluding hydrogens is 216 g/mol. The Bertz CT molecular complexity index is 363. The molecule has 0 aliphatic heterocycles. The maximum absolute atomic E-state index is 10.7. The largest absolute Gasteiger partial charge is 0.465 e. The Morgan fingerprint density at radius 2 is 1.94 bits per heavy atom. The first kappa shape index (κ1) is 13.5. The van der Waals surface area contributed by atoms with Gasteiger partial charge in [-0.05, 0) is 32.9 Å². The van der Waals surface area contributed by atoms with Gasteiger partial charge in [-0.2, -0.15) is 0 Å². The average molecular weight is 236 g/mol. The number of hydrogen-bond acceptors (Lipinski definition) is 2. The lowest BCUT2D eigenvalue weighted by atomic mass is 9.89. The molecule has 0 bridgehead atoms. The Morgan fingerprint density at radius 3 is 2.41 bits per heavy atom. The van der Waals surface area contributed by atoms with Gasteiger partial charge in [-0.3, -0.25) is 0 Å². The molecule has 94 valence electrons. The van der Waals surface area contributed by atoms with Gasteiger partial charge in [0.05, 0.1) is 5.54 Å². The summed E-state index contributed by atoms with van der Waals surface area (Å²) in [7, 11) is 1.85. The molecule has 0 heterocycles. The summed E-state index contributed by atoms with van der Waals surface area (Å²) in [6.45, 7) is 3.76. The molecule has 0 fully saturated rings. The molecule has 1 aromatic carbocycles. The van der Waals surface area contributed by atoms with Crippen molar-refractivity contribution in [1.29, 1.82) is 0 Å². The van der Waals surface area contributed by atoms with Gasteiger partial charge in [0.25, 0.3) is 0 Å². The number of hydrogen-bond donors (Lipinski definition) is 3. The molecule has 0 saturated heterocycles. The summed E-state index contributed by atoms with van der Waals surface area (Å²) in [5, 5.41) is 14.5. The molecule has 1 aromatic rings. The molecule has 0 aromatic heterocycles. The number of carboxylic acid groups (broad SMARTS) is 1. The second-order valence-electron chi connectivity index (χ2n) is 4.68. The fraction of sp³-hybridized carbons (Fsp3) is 0.462. The monoisotopic (exact) mass is 236 g/mol. The smallest absolute Gasteiger partial charge is 0.405 e. The molecule has 0 aliphatic rings. The van der Waals surface area contributed by atoms with Crippen LogP contribution in [0.25, 0.3) is 0 Å². The zero-order valence-corrected chi connectivity index (χ0v) is 10.5. The molecule has 1 rings (SSSR count). The van der Waals surface area contributed by atoms with Crippen LogP contribution in [0, 0.1) is 0 Å². The van der Waals surface area contributed by atoms with E-state index in [9.17, 15) is 4.79 Å². The van der Waals surface area contributed by atoms with Crippen molar-refractivity contribution in [2.45, 2.75) is 31.8 Å². The van der Waals surface area contributed by atoms with Crippen LogP contribution in [0.4, 0.5) is 4.79 Å². The fourth-order valence-electron chi connectivity index (χ4n) is 1.93. The quantitative estimate of drug-likeness (QED) is 0.731. The van der Waals surface area contributed by atoms with Crippen molar-refractivity contribution in [3.8, 4) is 0 Å². The molecule has 4 heteroatoms. The van der Waals surface area contributed by atoms with Crippen LogP contribution in [-0.4, -0.2) is 29.8 Å². The zero-order chi connectivity index (χ0) is 12.9. The van der Waals surface area contributed by atoms with Gasteiger partial charge in [0.15, 0.2) is 0 Å². The molecule has 1 atom stereocenters. The molecule has 3 N–H and O–H groups in total. The Hall–Kier alpha value is -1.55. The van der Waals surface area contributed by atoms with Gasteiger partial charge in [0.1, 0.15) is 0 Å². The fourth-order valence-corrected chi connectivity index (χ4v) is 1.93. The third-order valence-electron chi connectivity index (χ3n) is 2.93. The number of rotatable bonds is 5. The van der Waals surface area contributed by atoms with Gasteiger partial charge < -0.3 is 15.7 Å². The first-order chi connectivity index (χ1) is 7.95. The van der Waals surface area contributed by atoms with E-state index < -0.39 is 11.6 Å². The molecule has 0 aliphatic carbocycles. The highest BCUT2D eigenvalue weighted by molar-refractivity contribution is 5.65. The van der Waals surface area contributed by atoms with Crippen LogP contribution >= 0.6 is 0 Å². The maximum atomic E-state index is 10.7. The number of nitrogens with one attached hydrogen (secondary N) is 2. The van der Waals surface area contributed by atoms with Gasteiger partial charge in [0, 0.05) is 6.04 Å². The average Bonchev–Trinajstić information content (AvgIpc) is 2.25. The predicted octanol–water partition coefficient (Wildman–Crippen LogP) is 1.86. The van der Waals surface area contributed by atoms with E-state index in [2.05, 4.69) is 10.6 Å². The van der Waals surface area contributed by atoms with Gasteiger partial charge in [-0.25, -0.2) is 4.79 Å². The van der Waals surface area contributed by atoms with Gasteiger partial charge >= 0.3 is 6.09 Å². The van der Waals surface area contributed by atoms with Crippen molar-refractivity contribution >= 4 is 6.09 Å². The molecule has 1 unspecified atom stereocenters. The standard InChI is InChI=1S/C13H20N2O2/c1-13(2,15-12(16)17)11(14-3)9-10-7-5-4-6-8-10/h4-8,11,14-15H,9H2,1-3H3,(H,16,17). The van der Waals surface area contributed by atoms with Crippen LogP contribution in [0.5, 0.6) is 0 Å². The SMILES string of the molecule is CNC(Cc1ccccc1)C(C)(C)NC(=O)O. The summed E-state index contributed by atoms with van der Waals surface area (Å²) >= 11 is 0. The summed E-state index contributed by atoms with van der Waals surface area (Å²) in [4.78, 5) is 10.7. The summed E-state index contributed by atoms with van der Waals surface area (Å²) < 4.78 is 0. The van der Waals surface area contributed by atoms with Crippen LogP contribution < -0.4 is 10.6 Å². The lowest BCUT2D eigenvalue weighted by Gasteiger charge is -2.34. The van der Waals surface area contributed by atoms with Crippen LogP contribution in [0.1, 0.15) is 19.4 Å². The highest BCUT2D eigenvalue weighted by Crippen LogP contribution is 2.14. The highest BCUT2D eigenvalue weighted by atomic mass is 16.4. The van der Waals surface area contributed by atoms with E-state index in [1.54, 1.807) is 0 Å². The number of carbonyl (C=O) groups is 1. The minimum absolute atomic E-state index is 0.0426. The van der Waals surface area contributed by atoms with Crippen molar-refractivity contribution in [1.82, 2.24) is 10.6 Å². The molecule has 0 saturated carbocycles. The van der Waals surface area contributed by atoms with Crippen molar-refractivity contribution in [2.75, 3.05) is 7.05 Å². The maximum Gasteiger partial charge on any atom is 0.405 e. The topological polar surface area (TPSA) is 61.4 Å².